The van der Waals surface area contributed by atoms with Crippen molar-refractivity contribution in [3.05, 3.63) is 71.8 Å². The van der Waals surface area contributed by atoms with Gasteiger partial charge in [0.1, 0.15) is 0 Å². The Labute approximate surface area is 154 Å². The number of ether oxygens (including phenoxy) is 1. The molecule has 2 aromatic rings. The number of hydrogen-bond donors (Lipinski definition) is 1. The number of methoxy groups -OCH3 is 1. The van der Waals surface area contributed by atoms with Crippen LogP contribution in [0.4, 0.5) is 4.79 Å². The molecule has 1 saturated heterocycles. The molecule has 0 aromatic heterocycles. The number of carboxylic acid groups (broad SMARTS) is 1. The van der Waals surface area contributed by atoms with Crippen LogP contribution in [0.5, 0.6) is 0 Å². The number of carbonyl (C=O) groups is 1. The van der Waals surface area contributed by atoms with Crippen molar-refractivity contribution in [1.29, 1.82) is 0 Å². The molecule has 2 aromatic carbocycles. The van der Waals surface area contributed by atoms with E-state index in [1.807, 2.05) is 12.1 Å². The van der Waals surface area contributed by atoms with Gasteiger partial charge in [0.05, 0.1) is 12.6 Å². The average molecular weight is 354 g/mol. The Bertz CT molecular complexity index is 651. The van der Waals surface area contributed by atoms with Crippen LogP contribution in [0.1, 0.15) is 17.5 Å². The van der Waals surface area contributed by atoms with Gasteiger partial charge in [-0.15, -0.1) is 0 Å². The molecule has 3 rings (SSSR count). The lowest BCUT2D eigenvalue weighted by atomic mass is 9.98. The van der Waals surface area contributed by atoms with Crippen molar-refractivity contribution in [3.63, 3.8) is 0 Å². The molecule has 0 saturated carbocycles. The van der Waals surface area contributed by atoms with E-state index in [1.165, 1.54) is 16.0 Å². The predicted molar refractivity (Wildman–Crippen MR) is 101 cm³/mol. The van der Waals surface area contributed by atoms with E-state index in [0.717, 1.165) is 19.5 Å². The Morgan fingerprint density at radius 3 is 2.08 bits per heavy atom. The smallest absolute Gasteiger partial charge is 0.407 e. The topological polar surface area (TPSA) is 53.0 Å². The maximum atomic E-state index is 11.3. The summed E-state index contributed by atoms with van der Waals surface area (Å²) in [4.78, 5) is 15.2. The first kappa shape index (κ1) is 18.4. The second kappa shape index (κ2) is 8.83. The predicted octanol–water partition coefficient (Wildman–Crippen LogP) is 3.46. The molecule has 1 aliphatic rings. The lowest BCUT2D eigenvalue weighted by Crippen LogP contribution is -2.55. The van der Waals surface area contributed by atoms with E-state index in [0.29, 0.717) is 13.1 Å². The summed E-state index contributed by atoms with van der Waals surface area (Å²) in [6, 6.07) is 21.0. The zero-order chi connectivity index (χ0) is 18.4. The van der Waals surface area contributed by atoms with Gasteiger partial charge in [0, 0.05) is 32.8 Å². The molecule has 1 N–H and O–H groups in total. The van der Waals surface area contributed by atoms with Gasteiger partial charge in [-0.25, -0.2) is 4.79 Å². The minimum absolute atomic E-state index is 0.132. The number of hydrogen-bond acceptors (Lipinski definition) is 3. The maximum absolute atomic E-state index is 11.3. The van der Waals surface area contributed by atoms with Crippen LogP contribution < -0.4 is 0 Å². The molecule has 0 radical (unpaired) electrons. The molecule has 0 aliphatic carbocycles. The number of nitrogens with zero attached hydrogens (tertiary/aromatic N) is 2. The maximum Gasteiger partial charge on any atom is 0.407 e. The number of likely N-dealkylation sites (tertiary alicyclic amines) is 1. The van der Waals surface area contributed by atoms with Crippen molar-refractivity contribution in [2.75, 3.05) is 20.2 Å². The SMILES string of the molecule is COC1CN(C(=O)O)CCC1N(Cc1ccccc1)Cc1ccccc1. The minimum Gasteiger partial charge on any atom is -0.465 e. The first-order valence-electron chi connectivity index (χ1n) is 9.00. The lowest BCUT2D eigenvalue weighted by Gasteiger charge is -2.42. The quantitative estimate of drug-likeness (QED) is 0.863. The Hall–Kier alpha value is -2.37. The molecule has 26 heavy (non-hydrogen) atoms. The minimum atomic E-state index is -0.872. The van der Waals surface area contributed by atoms with Crippen molar-refractivity contribution in [3.8, 4) is 0 Å². The highest BCUT2D eigenvalue weighted by atomic mass is 16.5. The summed E-state index contributed by atoms with van der Waals surface area (Å²) in [5.41, 5.74) is 2.50. The molecule has 1 amide bonds. The van der Waals surface area contributed by atoms with Gasteiger partial charge >= 0.3 is 6.09 Å². The molecular weight excluding hydrogens is 328 g/mol. The van der Waals surface area contributed by atoms with Gasteiger partial charge in [0.15, 0.2) is 0 Å². The third-order valence-electron chi connectivity index (χ3n) is 5.02. The van der Waals surface area contributed by atoms with Gasteiger partial charge in [-0.2, -0.15) is 0 Å². The van der Waals surface area contributed by atoms with Crippen molar-refractivity contribution in [2.24, 2.45) is 0 Å². The number of amides is 1. The third-order valence-corrected chi connectivity index (χ3v) is 5.02. The van der Waals surface area contributed by atoms with Crippen LogP contribution >= 0.6 is 0 Å². The van der Waals surface area contributed by atoms with E-state index in [4.69, 9.17) is 4.74 Å². The fraction of sp³-hybridized carbons (Fsp3) is 0.381. The Kier molecular flexibility index (Phi) is 6.26. The van der Waals surface area contributed by atoms with Crippen LogP contribution in [0.15, 0.2) is 60.7 Å². The summed E-state index contributed by atoms with van der Waals surface area (Å²) < 4.78 is 5.69. The molecule has 138 valence electrons. The van der Waals surface area contributed by atoms with E-state index in [-0.39, 0.29) is 12.1 Å². The van der Waals surface area contributed by atoms with Gasteiger partial charge in [0.2, 0.25) is 0 Å². The molecular formula is C21H26N2O3. The summed E-state index contributed by atoms with van der Waals surface area (Å²) in [6.45, 7) is 2.58. The lowest BCUT2D eigenvalue weighted by molar-refractivity contribution is -0.0385. The molecule has 0 bridgehead atoms. The summed E-state index contributed by atoms with van der Waals surface area (Å²) in [7, 11) is 1.67. The molecule has 1 aliphatic heterocycles. The Morgan fingerprint density at radius 1 is 1.08 bits per heavy atom. The zero-order valence-corrected chi connectivity index (χ0v) is 15.1. The van der Waals surface area contributed by atoms with E-state index < -0.39 is 6.09 Å². The van der Waals surface area contributed by atoms with Crippen LogP contribution in [-0.4, -0.2) is 53.3 Å². The Balaban J connectivity index is 1.80. The van der Waals surface area contributed by atoms with Gasteiger partial charge in [0.25, 0.3) is 0 Å². The van der Waals surface area contributed by atoms with Crippen molar-refractivity contribution >= 4 is 6.09 Å². The highest BCUT2D eigenvalue weighted by molar-refractivity contribution is 5.65. The Morgan fingerprint density at radius 2 is 1.62 bits per heavy atom. The normalized spacial score (nSPS) is 20.3. The van der Waals surface area contributed by atoms with Crippen LogP contribution in [0.3, 0.4) is 0 Å². The van der Waals surface area contributed by atoms with Gasteiger partial charge in [-0.1, -0.05) is 60.7 Å². The molecule has 2 atom stereocenters. The monoisotopic (exact) mass is 354 g/mol. The van der Waals surface area contributed by atoms with E-state index >= 15 is 0 Å². The first-order chi connectivity index (χ1) is 12.7. The van der Waals surface area contributed by atoms with Gasteiger partial charge in [-0.05, 0) is 17.5 Å². The van der Waals surface area contributed by atoms with Gasteiger partial charge in [-0.3, -0.25) is 4.90 Å². The fourth-order valence-corrected chi connectivity index (χ4v) is 3.65. The second-order valence-corrected chi connectivity index (χ2v) is 6.73. The summed E-state index contributed by atoms with van der Waals surface area (Å²) in [6.07, 6.45) is -0.236. The molecule has 1 fully saturated rings. The summed E-state index contributed by atoms with van der Waals surface area (Å²) in [5.74, 6) is 0. The van der Waals surface area contributed by atoms with Gasteiger partial charge < -0.3 is 14.7 Å². The number of piperidine rings is 1. The van der Waals surface area contributed by atoms with Crippen LogP contribution in [0.25, 0.3) is 0 Å². The molecule has 5 nitrogen and oxygen atoms in total. The zero-order valence-electron chi connectivity index (χ0n) is 15.1. The van der Waals surface area contributed by atoms with E-state index in [1.54, 1.807) is 7.11 Å². The van der Waals surface area contributed by atoms with Crippen LogP contribution in [0.2, 0.25) is 0 Å². The third kappa shape index (κ3) is 4.62. The molecule has 5 heteroatoms. The van der Waals surface area contributed by atoms with Crippen LogP contribution in [0, 0.1) is 0 Å². The highest BCUT2D eigenvalue weighted by Gasteiger charge is 2.35. The fourth-order valence-electron chi connectivity index (χ4n) is 3.65. The number of benzene rings is 2. The van der Waals surface area contributed by atoms with Crippen molar-refractivity contribution in [2.45, 2.75) is 31.7 Å². The van der Waals surface area contributed by atoms with Crippen LogP contribution in [-0.2, 0) is 17.8 Å². The van der Waals surface area contributed by atoms with Crippen molar-refractivity contribution < 1.29 is 14.6 Å². The average Bonchev–Trinajstić information content (AvgIpc) is 2.68. The van der Waals surface area contributed by atoms with E-state index in [2.05, 4.69) is 53.4 Å². The summed E-state index contributed by atoms with van der Waals surface area (Å²) >= 11 is 0. The first-order valence-corrected chi connectivity index (χ1v) is 9.00. The van der Waals surface area contributed by atoms with E-state index in [9.17, 15) is 9.90 Å². The van der Waals surface area contributed by atoms with Crippen molar-refractivity contribution in [1.82, 2.24) is 9.80 Å². The number of rotatable bonds is 6. The summed E-state index contributed by atoms with van der Waals surface area (Å²) in [5, 5.41) is 9.30. The highest BCUT2D eigenvalue weighted by Crippen LogP contribution is 2.23. The molecule has 2 unspecified atom stereocenters. The largest absolute Gasteiger partial charge is 0.465 e. The molecule has 0 spiro atoms. The molecule has 1 heterocycles. The second-order valence-electron chi connectivity index (χ2n) is 6.73. The standard InChI is InChI=1S/C21H26N2O3/c1-26-20-16-22(21(24)25)13-12-19(20)23(14-17-8-4-2-5-9-17)15-18-10-6-3-7-11-18/h2-11,19-20H,12-16H2,1H3,(H,24,25).